The molecule has 1 rings (SSSR count). The SMILES string of the molecule is CC(C)COC(=O)C1CCC(C)C(C)C1C(=O)OCC(C)C. The van der Waals surface area contributed by atoms with Crippen molar-refractivity contribution in [2.24, 2.45) is 35.5 Å². The van der Waals surface area contributed by atoms with Gasteiger partial charge < -0.3 is 9.47 Å². The van der Waals surface area contributed by atoms with Gasteiger partial charge in [0.15, 0.2) is 0 Å². The second-order valence-corrected chi connectivity index (χ2v) is 7.59. The molecule has 4 atom stereocenters. The highest BCUT2D eigenvalue weighted by molar-refractivity contribution is 5.82. The molecular formula is C18H32O4. The van der Waals surface area contributed by atoms with Crippen molar-refractivity contribution in [1.82, 2.24) is 0 Å². The second-order valence-electron chi connectivity index (χ2n) is 7.59. The molecule has 128 valence electrons. The second kappa shape index (κ2) is 8.54. The minimum atomic E-state index is -0.373. The van der Waals surface area contributed by atoms with Crippen LogP contribution >= 0.6 is 0 Å². The Morgan fingerprint density at radius 2 is 1.41 bits per heavy atom. The van der Waals surface area contributed by atoms with Gasteiger partial charge in [-0.1, -0.05) is 41.5 Å². The van der Waals surface area contributed by atoms with E-state index < -0.39 is 0 Å². The maximum absolute atomic E-state index is 12.5. The summed E-state index contributed by atoms with van der Waals surface area (Å²) in [6, 6.07) is 0. The van der Waals surface area contributed by atoms with Crippen molar-refractivity contribution < 1.29 is 19.1 Å². The summed E-state index contributed by atoms with van der Waals surface area (Å²) < 4.78 is 10.8. The van der Waals surface area contributed by atoms with Crippen LogP contribution in [0.25, 0.3) is 0 Å². The number of carbonyl (C=O) groups is 2. The molecular weight excluding hydrogens is 280 g/mol. The van der Waals surface area contributed by atoms with Crippen LogP contribution in [0.5, 0.6) is 0 Å². The molecule has 0 spiro atoms. The first-order valence-corrected chi connectivity index (χ1v) is 8.57. The summed E-state index contributed by atoms with van der Waals surface area (Å²) >= 11 is 0. The van der Waals surface area contributed by atoms with Crippen molar-refractivity contribution in [2.75, 3.05) is 13.2 Å². The average Bonchev–Trinajstić information content (AvgIpc) is 2.44. The molecule has 0 heterocycles. The number of ether oxygens (including phenoxy) is 2. The summed E-state index contributed by atoms with van der Waals surface area (Å²) in [4.78, 5) is 24.9. The first kappa shape index (κ1) is 19.0. The lowest BCUT2D eigenvalue weighted by molar-refractivity contribution is -0.168. The van der Waals surface area contributed by atoms with Crippen molar-refractivity contribution >= 4 is 11.9 Å². The van der Waals surface area contributed by atoms with Crippen LogP contribution in [-0.2, 0) is 19.1 Å². The Morgan fingerprint density at radius 3 is 1.91 bits per heavy atom. The molecule has 0 aromatic heterocycles. The van der Waals surface area contributed by atoms with Gasteiger partial charge in [-0.3, -0.25) is 9.59 Å². The lowest BCUT2D eigenvalue weighted by Gasteiger charge is -2.37. The third-order valence-corrected chi connectivity index (χ3v) is 4.52. The van der Waals surface area contributed by atoms with Crippen LogP contribution in [0.1, 0.15) is 54.4 Å². The van der Waals surface area contributed by atoms with Gasteiger partial charge in [0.25, 0.3) is 0 Å². The van der Waals surface area contributed by atoms with Gasteiger partial charge in [-0.05, 0) is 36.5 Å². The van der Waals surface area contributed by atoms with Crippen LogP contribution in [0.2, 0.25) is 0 Å². The predicted octanol–water partition coefficient (Wildman–Crippen LogP) is 3.68. The molecule has 1 saturated carbocycles. The highest BCUT2D eigenvalue weighted by Gasteiger charge is 2.44. The van der Waals surface area contributed by atoms with Gasteiger partial charge in [0.2, 0.25) is 0 Å². The van der Waals surface area contributed by atoms with E-state index in [1.165, 1.54) is 0 Å². The summed E-state index contributed by atoms with van der Waals surface area (Å²) in [5.74, 6) is -0.0393. The fraction of sp³-hybridized carbons (Fsp3) is 0.889. The van der Waals surface area contributed by atoms with Gasteiger partial charge in [0, 0.05) is 0 Å². The van der Waals surface area contributed by atoms with Crippen LogP contribution in [0.15, 0.2) is 0 Å². The van der Waals surface area contributed by atoms with Gasteiger partial charge >= 0.3 is 11.9 Å². The number of esters is 2. The molecule has 1 fully saturated rings. The summed E-state index contributed by atoms with van der Waals surface area (Å²) in [5, 5.41) is 0. The summed E-state index contributed by atoms with van der Waals surface area (Å²) in [7, 11) is 0. The largest absolute Gasteiger partial charge is 0.465 e. The van der Waals surface area contributed by atoms with E-state index in [4.69, 9.17) is 9.47 Å². The van der Waals surface area contributed by atoms with Crippen LogP contribution in [0.4, 0.5) is 0 Å². The normalized spacial score (nSPS) is 28.7. The molecule has 0 aliphatic heterocycles. The average molecular weight is 312 g/mol. The minimum Gasteiger partial charge on any atom is -0.465 e. The lowest BCUT2D eigenvalue weighted by atomic mass is 9.68. The van der Waals surface area contributed by atoms with Crippen molar-refractivity contribution in [2.45, 2.75) is 54.4 Å². The number of hydrogen-bond donors (Lipinski definition) is 0. The van der Waals surface area contributed by atoms with E-state index in [-0.39, 0.29) is 29.7 Å². The fourth-order valence-corrected chi connectivity index (χ4v) is 2.95. The van der Waals surface area contributed by atoms with Crippen molar-refractivity contribution in [3.05, 3.63) is 0 Å². The Morgan fingerprint density at radius 1 is 0.909 bits per heavy atom. The fourth-order valence-electron chi connectivity index (χ4n) is 2.95. The maximum atomic E-state index is 12.5. The first-order valence-electron chi connectivity index (χ1n) is 8.57. The van der Waals surface area contributed by atoms with Crippen LogP contribution in [0.3, 0.4) is 0 Å². The summed E-state index contributed by atoms with van der Waals surface area (Å²) in [6.45, 7) is 13.0. The molecule has 0 aromatic rings. The van der Waals surface area contributed by atoms with Crippen molar-refractivity contribution in [3.8, 4) is 0 Å². The van der Waals surface area contributed by atoms with Crippen LogP contribution in [0, 0.1) is 35.5 Å². The van der Waals surface area contributed by atoms with Crippen molar-refractivity contribution in [3.63, 3.8) is 0 Å². The molecule has 1 aliphatic rings. The highest BCUT2D eigenvalue weighted by atomic mass is 16.5. The zero-order valence-corrected chi connectivity index (χ0v) is 14.9. The van der Waals surface area contributed by atoms with Gasteiger partial charge in [0.05, 0.1) is 25.0 Å². The Kier molecular flexibility index (Phi) is 7.37. The molecule has 0 aromatic carbocycles. The van der Waals surface area contributed by atoms with E-state index in [1.54, 1.807) is 0 Å². The zero-order chi connectivity index (χ0) is 16.9. The van der Waals surface area contributed by atoms with Crippen LogP contribution < -0.4 is 0 Å². The Labute approximate surface area is 134 Å². The number of carbonyl (C=O) groups excluding carboxylic acids is 2. The van der Waals surface area contributed by atoms with E-state index >= 15 is 0 Å². The summed E-state index contributed by atoms with van der Waals surface area (Å²) in [6.07, 6.45) is 1.67. The number of rotatable bonds is 6. The van der Waals surface area contributed by atoms with Gasteiger partial charge in [0.1, 0.15) is 0 Å². The summed E-state index contributed by atoms with van der Waals surface area (Å²) in [5.41, 5.74) is 0. The Bertz CT molecular complexity index is 375. The lowest BCUT2D eigenvalue weighted by Crippen LogP contribution is -2.42. The smallest absolute Gasteiger partial charge is 0.310 e. The zero-order valence-electron chi connectivity index (χ0n) is 14.9. The van der Waals surface area contributed by atoms with E-state index in [0.717, 1.165) is 6.42 Å². The molecule has 0 N–H and O–H groups in total. The quantitative estimate of drug-likeness (QED) is 0.702. The molecule has 4 unspecified atom stereocenters. The molecule has 0 amide bonds. The Balaban J connectivity index is 2.78. The third kappa shape index (κ3) is 5.29. The predicted molar refractivity (Wildman–Crippen MR) is 86.1 cm³/mol. The monoisotopic (exact) mass is 312 g/mol. The van der Waals surface area contributed by atoms with E-state index in [9.17, 15) is 9.59 Å². The third-order valence-electron chi connectivity index (χ3n) is 4.52. The molecule has 0 radical (unpaired) electrons. The maximum Gasteiger partial charge on any atom is 0.310 e. The Hall–Kier alpha value is -1.06. The molecule has 0 bridgehead atoms. The highest BCUT2D eigenvalue weighted by Crippen LogP contribution is 2.40. The molecule has 0 saturated heterocycles. The standard InChI is InChI=1S/C18H32O4/c1-11(2)9-21-17(19)15-8-7-13(5)14(6)16(15)18(20)22-10-12(3)4/h11-16H,7-10H2,1-6H3. The number of hydrogen-bond acceptors (Lipinski definition) is 4. The van der Waals surface area contributed by atoms with E-state index in [0.29, 0.717) is 37.4 Å². The topological polar surface area (TPSA) is 52.6 Å². The van der Waals surface area contributed by atoms with Crippen molar-refractivity contribution in [1.29, 1.82) is 0 Å². The first-order chi connectivity index (χ1) is 10.2. The van der Waals surface area contributed by atoms with Gasteiger partial charge in [-0.25, -0.2) is 0 Å². The van der Waals surface area contributed by atoms with Gasteiger partial charge in [-0.15, -0.1) is 0 Å². The van der Waals surface area contributed by atoms with Crippen LogP contribution in [-0.4, -0.2) is 25.2 Å². The van der Waals surface area contributed by atoms with Gasteiger partial charge in [-0.2, -0.15) is 0 Å². The minimum absolute atomic E-state index is 0.144. The molecule has 4 nitrogen and oxygen atoms in total. The van der Waals surface area contributed by atoms with E-state index in [1.807, 2.05) is 34.6 Å². The molecule has 1 aliphatic carbocycles. The van der Waals surface area contributed by atoms with E-state index in [2.05, 4.69) is 6.92 Å². The molecule has 22 heavy (non-hydrogen) atoms. The molecule has 4 heteroatoms.